The van der Waals surface area contributed by atoms with Crippen LogP contribution >= 0.6 is 23.5 Å². The number of carbonyl (C=O) groups is 1. The minimum absolute atomic E-state index is 0.179. The lowest BCUT2D eigenvalue weighted by molar-refractivity contribution is 0.108. The van der Waals surface area contributed by atoms with Crippen LogP contribution in [-0.2, 0) is 0 Å². The molecule has 0 fully saturated rings. The van der Waals surface area contributed by atoms with Gasteiger partial charge in [-0.3, -0.25) is 4.79 Å². The summed E-state index contributed by atoms with van der Waals surface area (Å²) in [6.07, 6.45) is 5.25. The molecule has 1 heterocycles. The van der Waals surface area contributed by atoms with Crippen LogP contribution in [0.1, 0.15) is 29.6 Å². The molecule has 2 nitrogen and oxygen atoms in total. The van der Waals surface area contributed by atoms with Crippen LogP contribution in [0.15, 0.2) is 59.8 Å². The first-order chi connectivity index (χ1) is 10.4. The van der Waals surface area contributed by atoms with Gasteiger partial charge in [-0.15, -0.1) is 11.8 Å². The van der Waals surface area contributed by atoms with Crippen LogP contribution in [0.5, 0.6) is 0 Å². The van der Waals surface area contributed by atoms with Crippen LogP contribution in [0.4, 0.5) is 0 Å². The van der Waals surface area contributed by atoms with Gasteiger partial charge in [0.1, 0.15) is 0 Å². The van der Waals surface area contributed by atoms with Gasteiger partial charge in [-0.25, -0.2) is 4.98 Å². The van der Waals surface area contributed by atoms with Crippen LogP contribution in [-0.4, -0.2) is 21.6 Å². The highest BCUT2D eigenvalue weighted by atomic mass is 32.2. The van der Waals surface area contributed by atoms with Crippen molar-refractivity contribution in [1.29, 1.82) is 0 Å². The number of thioether (sulfide) groups is 2. The first-order valence-electron chi connectivity index (χ1n) is 7.12. The molecule has 0 aliphatic rings. The zero-order chi connectivity index (χ0) is 14.8. The summed E-state index contributed by atoms with van der Waals surface area (Å²) in [7, 11) is 0. The van der Waals surface area contributed by atoms with E-state index in [4.69, 9.17) is 0 Å². The smallest absolute Gasteiger partial charge is 0.219 e. The molecule has 1 aromatic carbocycles. The number of rotatable bonds is 8. The van der Waals surface area contributed by atoms with E-state index in [1.54, 1.807) is 11.8 Å². The largest absolute Gasteiger partial charge is 0.282 e. The number of hydrogen-bond donors (Lipinski definition) is 0. The second-order valence-electron chi connectivity index (χ2n) is 4.58. The molecule has 0 saturated heterocycles. The predicted octanol–water partition coefficient (Wildman–Crippen LogP) is 4.92. The van der Waals surface area contributed by atoms with Gasteiger partial charge >= 0.3 is 0 Å². The van der Waals surface area contributed by atoms with Crippen molar-refractivity contribution >= 4 is 28.6 Å². The molecule has 0 bridgehead atoms. The van der Waals surface area contributed by atoms with E-state index in [1.807, 2.05) is 54.7 Å². The van der Waals surface area contributed by atoms with Crippen LogP contribution in [0.25, 0.3) is 0 Å². The molecular formula is C17H19NOS2. The van der Waals surface area contributed by atoms with E-state index in [1.165, 1.54) is 18.2 Å². The quantitative estimate of drug-likeness (QED) is 0.511. The van der Waals surface area contributed by atoms with Gasteiger partial charge in [0.05, 0.1) is 5.03 Å². The van der Waals surface area contributed by atoms with Gasteiger partial charge in [0.25, 0.3) is 0 Å². The van der Waals surface area contributed by atoms with Crippen molar-refractivity contribution < 1.29 is 4.79 Å². The lowest BCUT2D eigenvalue weighted by Crippen LogP contribution is -1.94. The topological polar surface area (TPSA) is 30.0 Å². The number of hydrogen-bond acceptors (Lipinski definition) is 4. The summed E-state index contributed by atoms with van der Waals surface area (Å²) in [6.45, 7) is 0. The number of benzene rings is 1. The van der Waals surface area contributed by atoms with Crippen molar-refractivity contribution in [3.05, 3.63) is 60.3 Å². The van der Waals surface area contributed by atoms with Gasteiger partial charge in [0.2, 0.25) is 5.12 Å². The maximum absolute atomic E-state index is 11.9. The third-order valence-corrected chi connectivity index (χ3v) is 4.94. The molecule has 0 atom stereocenters. The lowest BCUT2D eigenvalue weighted by Gasteiger charge is -2.02. The molecule has 0 radical (unpaired) electrons. The Morgan fingerprint density at radius 1 is 0.905 bits per heavy atom. The SMILES string of the molecule is O=C(SCCCCCSc1ccccn1)c1ccccc1. The Balaban J connectivity index is 1.51. The number of pyridine rings is 1. The summed E-state index contributed by atoms with van der Waals surface area (Å²) in [6, 6.07) is 15.5. The third-order valence-electron chi connectivity index (χ3n) is 2.92. The maximum atomic E-state index is 11.9. The molecule has 0 spiro atoms. The molecule has 0 unspecified atom stereocenters. The maximum Gasteiger partial charge on any atom is 0.219 e. The van der Waals surface area contributed by atoms with Crippen molar-refractivity contribution in [3.63, 3.8) is 0 Å². The predicted molar refractivity (Wildman–Crippen MR) is 92.0 cm³/mol. The molecule has 110 valence electrons. The highest BCUT2D eigenvalue weighted by Gasteiger charge is 2.04. The first kappa shape index (κ1) is 16.1. The van der Waals surface area contributed by atoms with Crippen molar-refractivity contribution in [1.82, 2.24) is 4.98 Å². The van der Waals surface area contributed by atoms with Gasteiger partial charge in [-0.05, 0) is 30.7 Å². The number of aromatic nitrogens is 1. The summed E-state index contributed by atoms with van der Waals surface area (Å²) >= 11 is 3.22. The van der Waals surface area contributed by atoms with Crippen molar-refractivity contribution in [3.8, 4) is 0 Å². The Hall–Kier alpha value is -1.26. The Labute approximate surface area is 134 Å². The third kappa shape index (κ3) is 6.36. The van der Waals surface area contributed by atoms with Crippen LogP contribution in [0.3, 0.4) is 0 Å². The average Bonchev–Trinajstić information content (AvgIpc) is 2.55. The Morgan fingerprint density at radius 3 is 2.43 bits per heavy atom. The van der Waals surface area contributed by atoms with E-state index < -0.39 is 0 Å². The van der Waals surface area contributed by atoms with Crippen LogP contribution in [0.2, 0.25) is 0 Å². The fourth-order valence-electron chi connectivity index (χ4n) is 1.81. The Bertz CT molecular complexity index is 531. The van der Waals surface area contributed by atoms with Crippen molar-refractivity contribution in [2.45, 2.75) is 24.3 Å². The second kappa shape index (κ2) is 9.64. The molecule has 2 aromatic rings. The van der Waals surface area contributed by atoms with E-state index in [9.17, 15) is 4.79 Å². The highest BCUT2D eigenvalue weighted by Crippen LogP contribution is 2.18. The fraction of sp³-hybridized carbons (Fsp3) is 0.294. The summed E-state index contributed by atoms with van der Waals surface area (Å²) < 4.78 is 0. The van der Waals surface area contributed by atoms with Crippen molar-refractivity contribution in [2.75, 3.05) is 11.5 Å². The zero-order valence-electron chi connectivity index (χ0n) is 11.9. The van der Waals surface area contributed by atoms with Gasteiger partial charge < -0.3 is 0 Å². The van der Waals surface area contributed by atoms with Gasteiger partial charge in [0.15, 0.2) is 0 Å². The van der Waals surface area contributed by atoms with E-state index in [0.717, 1.165) is 34.9 Å². The van der Waals surface area contributed by atoms with Crippen LogP contribution < -0.4 is 0 Å². The molecule has 4 heteroatoms. The molecule has 0 saturated carbocycles. The second-order valence-corrected chi connectivity index (χ2v) is 6.76. The summed E-state index contributed by atoms with van der Waals surface area (Å²) in [5, 5.41) is 1.27. The number of unbranched alkanes of at least 4 members (excludes halogenated alkanes) is 2. The molecule has 0 N–H and O–H groups in total. The Kier molecular flexibility index (Phi) is 7.39. The van der Waals surface area contributed by atoms with Gasteiger partial charge in [-0.1, -0.05) is 54.6 Å². The lowest BCUT2D eigenvalue weighted by atomic mass is 10.2. The van der Waals surface area contributed by atoms with E-state index >= 15 is 0 Å². The standard InChI is InChI=1S/C17H19NOS2/c19-17(15-9-3-1-4-10-15)21-14-8-2-7-13-20-16-11-5-6-12-18-16/h1,3-6,9-12H,2,7-8,13-14H2. The normalized spacial score (nSPS) is 10.5. The van der Waals surface area contributed by atoms with Crippen LogP contribution in [0, 0.1) is 0 Å². The zero-order valence-corrected chi connectivity index (χ0v) is 13.5. The molecule has 21 heavy (non-hydrogen) atoms. The monoisotopic (exact) mass is 317 g/mol. The average molecular weight is 317 g/mol. The minimum atomic E-state index is 0.179. The molecule has 0 amide bonds. The Morgan fingerprint density at radius 2 is 1.67 bits per heavy atom. The first-order valence-corrected chi connectivity index (χ1v) is 9.09. The molecule has 0 aliphatic carbocycles. The summed E-state index contributed by atoms with van der Waals surface area (Å²) in [5.74, 6) is 2.00. The molecule has 0 aliphatic heterocycles. The highest BCUT2D eigenvalue weighted by molar-refractivity contribution is 8.14. The number of carbonyl (C=O) groups excluding carboxylic acids is 1. The van der Waals surface area contributed by atoms with Crippen molar-refractivity contribution in [2.24, 2.45) is 0 Å². The molecule has 1 aromatic heterocycles. The van der Waals surface area contributed by atoms with E-state index in [2.05, 4.69) is 4.98 Å². The van der Waals surface area contributed by atoms with Gasteiger partial charge in [-0.2, -0.15) is 0 Å². The summed E-state index contributed by atoms with van der Waals surface area (Å²) in [5.41, 5.74) is 0.799. The number of nitrogens with zero attached hydrogens (tertiary/aromatic N) is 1. The van der Waals surface area contributed by atoms with E-state index in [-0.39, 0.29) is 5.12 Å². The minimum Gasteiger partial charge on any atom is -0.282 e. The molecule has 2 rings (SSSR count). The van der Waals surface area contributed by atoms with Gasteiger partial charge in [0, 0.05) is 17.5 Å². The fourth-order valence-corrected chi connectivity index (χ4v) is 3.52. The molecular weight excluding hydrogens is 298 g/mol. The summed E-state index contributed by atoms with van der Waals surface area (Å²) in [4.78, 5) is 16.2. The van der Waals surface area contributed by atoms with E-state index in [0.29, 0.717) is 0 Å².